The van der Waals surface area contributed by atoms with E-state index in [4.69, 9.17) is 19.9 Å². The average molecular weight is 405 g/mol. The fourth-order valence-corrected chi connectivity index (χ4v) is 3.24. The maximum atomic E-state index is 9.74. The van der Waals surface area contributed by atoms with E-state index in [1.54, 1.807) is 18.2 Å². The van der Waals surface area contributed by atoms with Gasteiger partial charge in [-0.15, -0.1) is 0 Å². The Morgan fingerprint density at radius 1 is 1.13 bits per heavy atom. The van der Waals surface area contributed by atoms with E-state index in [2.05, 4.69) is 10.3 Å². The Bertz CT molecular complexity index is 987. The van der Waals surface area contributed by atoms with Crippen molar-refractivity contribution < 1.29 is 19.2 Å². The molecule has 1 aliphatic heterocycles. The Balaban J connectivity index is 1.35. The molecule has 0 unspecified atom stereocenters. The molecule has 0 atom stereocenters. The molecule has 0 saturated carbocycles. The van der Waals surface area contributed by atoms with Gasteiger partial charge in [0.15, 0.2) is 0 Å². The van der Waals surface area contributed by atoms with Crippen molar-refractivity contribution in [1.82, 2.24) is 4.98 Å². The smallest absolute Gasteiger partial charge is 0.439 e. The molecular formula is C22H24BN3O4. The lowest BCUT2D eigenvalue weighted by Gasteiger charge is -2.13. The minimum atomic E-state index is -0.865. The Labute approximate surface area is 176 Å². The molecule has 3 aromatic rings. The number of benzene rings is 2. The number of pyridine rings is 1. The number of nitrogens with two attached hydrogens (primary N) is 1. The van der Waals surface area contributed by atoms with Crippen molar-refractivity contribution in [2.75, 3.05) is 18.5 Å². The van der Waals surface area contributed by atoms with Gasteiger partial charge in [0.1, 0.15) is 11.6 Å². The number of ether oxygens (including phenoxy) is 2. The summed E-state index contributed by atoms with van der Waals surface area (Å²) in [5, 5.41) is 13.0. The summed E-state index contributed by atoms with van der Waals surface area (Å²) in [4.78, 5) is 4.55. The van der Waals surface area contributed by atoms with E-state index in [-0.39, 0.29) is 0 Å². The van der Waals surface area contributed by atoms with Crippen LogP contribution in [-0.4, -0.2) is 30.3 Å². The van der Waals surface area contributed by atoms with Gasteiger partial charge in [0, 0.05) is 24.7 Å². The van der Waals surface area contributed by atoms with E-state index in [9.17, 15) is 5.02 Å². The van der Waals surface area contributed by atoms with Crippen LogP contribution in [0.25, 0.3) is 0 Å². The van der Waals surface area contributed by atoms with E-state index < -0.39 is 7.12 Å². The topological polar surface area (TPSA) is 98.9 Å². The van der Waals surface area contributed by atoms with Crippen molar-refractivity contribution in [2.45, 2.75) is 19.8 Å². The van der Waals surface area contributed by atoms with Crippen LogP contribution in [0.2, 0.25) is 0 Å². The highest BCUT2D eigenvalue weighted by Crippen LogP contribution is 2.25. The summed E-state index contributed by atoms with van der Waals surface area (Å²) in [5.41, 5.74) is 9.56. The standard InChI is InChI=1S/C22H24BN3O4/c24-13-17-6-9-21(30-19-7-8-20-18(12-19)15-29-23(20)27)26-22(17)25-10-11-28-14-16-4-2-1-3-5-16/h1-9,12,27H,10-11,13-15,24H2,(H,25,26). The second kappa shape index (κ2) is 9.73. The average Bonchev–Trinajstić information content (AvgIpc) is 3.14. The van der Waals surface area contributed by atoms with Crippen molar-refractivity contribution in [2.24, 2.45) is 5.73 Å². The molecule has 0 amide bonds. The zero-order valence-corrected chi connectivity index (χ0v) is 16.6. The van der Waals surface area contributed by atoms with Gasteiger partial charge in [0.25, 0.3) is 0 Å². The van der Waals surface area contributed by atoms with Gasteiger partial charge in [-0.1, -0.05) is 36.4 Å². The first-order valence-corrected chi connectivity index (χ1v) is 9.89. The van der Waals surface area contributed by atoms with E-state index in [1.165, 1.54) is 0 Å². The van der Waals surface area contributed by atoms with Crippen LogP contribution in [0.15, 0.2) is 60.7 Å². The molecule has 0 aliphatic carbocycles. The fourth-order valence-electron chi connectivity index (χ4n) is 3.24. The number of nitrogens with zero attached hydrogens (tertiary/aromatic N) is 1. The summed E-state index contributed by atoms with van der Waals surface area (Å²) in [5.74, 6) is 1.77. The van der Waals surface area contributed by atoms with Crippen molar-refractivity contribution in [3.8, 4) is 11.6 Å². The molecule has 4 rings (SSSR count). The van der Waals surface area contributed by atoms with Crippen LogP contribution >= 0.6 is 0 Å². The van der Waals surface area contributed by atoms with Crippen LogP contribution in [-0.2, 0) is 29.1 Å². The monoisotopic (exact) mass is 405 g/mol. The van der Waals surface area contributed by atoms with E-state index >= 15 is 0 Å². The van der Waals surface area contributed by atoms with Crippen molar-refractivity contribution in [3.63, 3.8) is 0 Å². The molecule has 4 N–H and O–H groups in total. The van der Waals surface area contributed by atoms with Gasteiger partial charge in [-0.25, -0.2) is 0 Å². The number of hydrogen-bond donors (Lipinski definition) is 3. The molecule has 154 valence electrons. The number of fused-ring (bicyclic) bond motifs is 1. The van der Waals surface area contributed by atoms with Crippen LogP contribution in [0.5, 0.6) is 11.6 Å². The minimum Gasteiger partial charge on any atom is -0.439 e. The Kier molecular flexibility index (Phi) is 6.61. The maximum absolute atomic E-state index is 9.74. The largest absolute Gasteiger partial charge is 0.491 e. The second-order valence-corrected chi connectivity index (χ2v) is 6.95. The second-order valence-electron chi connectivity index (χ2n) is 6.95. The van der Waals surface area contributed by atoms with Crippen LogP contribution in [0.1, 0.15) is 16.7 Å². The summed E-state index contributed by atoms with van der Waals surface area (Å²) < 4.78 is 16.8. The van der Waals surface area contributed by atoms with Crippen LogP contribution in [0.3, 0.4) is 0 Å². The summed E-state index contributed by atoms with van der Waals surface area (Å²) in [6, 6.07) is 19.2. The molecule has 1 aromatic heterocycles. The Morgan fingerprint density at radius 2 is 2.00 bits per heavy atom. The quantitative estimate of drug-likeness (QED) is 0.371. The number of aromatic nitrogens is 1. The lowest BCUT2D eigenvalue weighted by molar-refractivity contribution is 0.130. The van der Waals surface area contributed by atoms with E-state index in [0.29, 0.717) is 50.4 Å². The van der Waals surface area contributed by atoms with Gasteiger partial charge in [-0.3, -0.25) is 0 Å². The minimum absolute atomic E-state index is 0.364. The van der Waals surface area contributed by atoms with Crippen LogP contribution in [0.4, 0.5) is 5.82 Å². The highest BCUT2D eigenvalue weighted by molar-refractivity contribution is 6.61. The van der Waals surface area contributed by atoms with Gasteiger partial charge in [0.05, 0.1) is 19.8 Å². The van der Waals surface area contributed by atoms with Crippen molar-refractivity contribution in [3.05, 3.63) is 77.4 Å². The zero-order valence-electron chi connectivity index (χ0n) is 16.6. The first-order valence-electron chi connectivity index (χ1n) is 9.89. The molecule has 8 heteroatoms. The molecule has 1 aliphatic rings. The van der Waals surface area contributed by atoms with Crippen molar-refractivity contribution >= 4 is 18.4 Å². The first-order chi connectivity index (χ1) is 14.7. The van der Waals surface area contributed by atoms with Gasteiger partial charge in [-0.2, -0.15) is 4.98 Å². The summed E-state index contributed by atoms with van der Waals surface area (Å²) in [6.45, 7) is 2.44. The van der Waals surface area contributed by atoms with Gasteiger partial charge in [0.2, 0.25) is 5.88 Å². The van der Waals surface area contributed by atoms with Crippen LogP contribution < -0.4 is 21.3 Å². The Hall–Kier alpha value is -2.91. The number of anilines is 1. The molecule has 0 radical (unpaired) electrons. The number of rotatable bonds is 9. The molecule has 30 heavy (non-hydrogen) atoms. The van der Waals surface area contributed by atoms with Crippen molar-refractivity contribution in [1.29, 1.82) is 0 Å². The lowest BCUT2D eigenvalue weighted by atomic mass is 9.80. The molecule has 2 aromatic carbocycles. The molecular weight excluding hydrogens is 381 g/mol. The van der Waals surface area contributed by atoms with Gasteiger partial charge < -0.3 is 30.2 Å². The van der Waals surface area contributed by atoms with Crippen LogP contribution in [0, 0.1) is 0 Å². The highest BCUT2D eigenvalue weighted by atomic mass is 16.5. The Morgan fingerprint density at radius 3 is 2.83 bits per heavy atom. The fraction of sp³-hybridized carbons (Fsp3) is 0.227. The third-order valence-corrected chi connectivity index (χ3v) is 4.82. The van der Waals surface area contributed by atoms with Gasteiger partial charge >= 0.3 is 7.12 Å². The normalized spacial score (nSPS) is 12.7. The number of hydrogen-bond acceptors (Lipinski definition) is 7. The molecule has 0 saturated heterocycles. The third-order valence-electron chi connectivity index (χ3n) is 4.82. The zero-order chi connectivity index (χ0) is 20.8. The lowest BCUT2D eigenvalue weighted by Crippen LogP contribution is -2.27. The summed E-state index contributed by atoms with van der Waals surface area (Å²) >= 11 is 0. The SMILES string of the molecule is NCc1ccc(Oc2ccc3c(c2)COB3O)nc1NCCOCc1ccccc1. The predicted octanol–water partition coefficient (Wildman–Crippen LogP) is 2.18. The highest BCUT2D eigenvalue weighted by Gasteiger charge is 2.27. The predicted molar refractivity (Wildman–Crippen MR) is 116 cm³/mol. The molecule has 0 spiro atoms. The number of nitrogens with one attached hydrogen (secondary N) is 1. The third kappa shape index (κ3) is 4.98. The van der Waals surface area contributed by atoms with E-state index in [1.807, 2.05) is 42.5 Å². The van der Waals surface area contributed by atoms with Gasteiger partial charge in [-0.05, 0) is 34.8 Å². The summed E-state index contributed by atoms with van der Waals surface area (Å²) in [6.07, 6.45) is 0. The molecule has 0 fully saturated rings. The first kappa shape index (κ1) is 20.4. The maximum Gasteiger partial charge on any atom is 0.491 e. The van der Waals surface area contributed by atoms with E-state index in [0.717, 1.165) is 22.2 Å². The summed E-state index contributed by atoms with van der Waals surface area (Å²) in [7, 11) is -0.865. The molecule has 0 bridgehead atoms. The molecule has 2 heterocycles. The molecule has 7 nitrogen and oxygen atoms in total.